The van der Waals surface area contributed by atoms with Crippen LogP contribution in [0.5, 0.6) is 11.5 Å². The van der Waals surface area contributed by atoms with Crippen LogP contribution in [-0.2, 0) is 17.6 Å². The van der Waals surface area contributed by atoms with Crippen LogP contribution in [0.2, 0.25) is 0 Å². The minimum absolute atomic E-state index is 0.0612. The number of likely N-dealkylation sites (tertiary alicyclic amines) is 1. The second-order valence-electron chi connectivity index (χ2n) is 10.6. The lowest BCUT2D eigenvalue weighted by Gasteiger charge is -2.33. The number of hydrogen-bond donors (Lipinski definition) is 2. The van der Waals surface area contributed by atoms with Crippen LogP contribution in [-0.4, -0.2) is 50.6 Å². The molecule has 1 aromatic heterocycles. The monoisotopic (exact) mass is 499 g/mol. The van der Waals surface area contributed by atoms with Crippen molar-refractivity contribution in [3.8, 4) is 11.5 Å². The van der Waals surface area contributed by atoms with Crippen molar-refractivity contribution in [3.05, 3.63) is 34.2 Å². The third-order valence-corrected chi connectivity index (χ3v) is 8.36. The molecule has 1 aromatic carbocycles. The lowest BCUT2D eigenvalue weighted by Crippen LogP contribution is -2.31. The van der Waals surface area contributed by atoms with Gasteiger partial charge >= 0.3 is 0 Å². The summed E-state index contributed by atoms with van der Waals surface area (Å²) in [5.41, 5.74) is 2.41. The van der Waals surface area contributed by atoms with Crippen LogP contribution in [0.15, 0.2) is 18.2 Å². The number of amides is 2. The summed E-state index contributed by atoms with van der Waals surface area (Å²) in [5.74, 6) is 1.43. The van der Waals surface area contributed by atoms with E-state index in [-0.39, 0.29) is 17.2 Å². The Morgan fingerprint density at radius 3 is 2.51 bits per heavy atom. The lowest BCUT2D eigenvalue weighted by atomic mass is 9.72. The second-order valence-corrected chi connectivity index (χ2v) is 11.7. The number of rotatable bonds is 7. The number of carbonyl (C=O) groups is 2. The highest BCUT2D eigenvalue weighted by Crippen LogP contribution is 2.44. The summed E-state index contributed by atoms with van der Waals surface area (Å²) in [5, 5.41) is 6.76. The SMILES string of the molecule is COc1ccc(NC(=O)c2c(NC(=O)CN3CCCC3)sc3c2CC[C@H](C(C)(C)C)C3)c(OC)c1. The van der Waals surface area contributed by atoms with E-state index in [0.29, 0.717) is 40.2 Å². The molecule has 4 rings (SSSR count). The Bertz CT molecular complexity index is 1080. The largest absolute Gasteiger partial charge is 0.497 e. The van der Waals surface area contributed by atoms with Gasteiger partial charge in [0.15, 0.2) is 0 Å². The lowest BCUT2D eigenvalue weighted by molar-refractivity contribution is -0.117. The normalized spacial score (nSPS) is 18.1. The fraction of sp³-hybridized carbons (Fsp3) is 0.556. The minimum atomic E-state index is -0.225. The summed E-state index contributed by atoms with van der Waals surface area (Å²) in [6.45, 7) is 9.09. The Balaban J connectivity index is 1.63. The van der Waals surface area contributed by atoms with Crippen molar-refractivity contribution < 1.29 is 19.1 Å². The van der Waals surface area contributed by atoms with E-state index < -0.39 is 0 Å². The number of hydrogen-bond acceptors (Lipinski definition) is 6. The molecule has 1 aliphatic carbocycles. The van der Waals surface area contributed by atoms with Gasteiger partial charge in [0.05, 0.1) is 32.0 Å². The first-order valence-corrected chi connectivity index (χ1v) is 13.2. The molecular weight excluding hydrogens is 462 g/mol. The molecule has 190 valence electrons. The van der Waals surface area contributed by atoms with Gasteiger partial charge in [0.25, 0.3) is 5.91 Å². The molecular formula is C27H37N3O4S. The van der Waals surface area contributed by atoms with Crippen molar-refractivity contribution in [1.82, 2.24) is 4.90 Å². The first kappa shape index (κ1) is 25.5. The number of anilines is 2. The number of ether oxygens (including phenoxy) is 2. The number of nitrogens with one attached hydrogen (secondary N) is 2. The third kappa shape index (κ3) is 5.81. The van der Waals surface area contributed by atoms with Crippen LogP contribution in [0.1, 0.15) is 60.8 Å². The van der Waals surface area contributed by atoms with Gasteiger partial charge in [0.1, 0.15) is 16.5 Å². The Kier molecular flexibility index (Phi) is 7.71. The van der Waals surface area contributed by atoms with E-state index in [2.05, 4.69) is 36.3 Å². The average molecular weight is 500 g/mol. The molecule has 1 fully saturated rings. The van der Waals surface area contributed by atoms with Gasteiger partial charge in [-0.3, -0.25) is 14.5 Å². The maximum absolute atomic E-state index is 13.6. The first-order valence-electron chi connectivity index (χ1n) is 12.4. The number of methoxy groups -OCH3 is 2. The van der Waals surface area contributed by atoms with E-state index in [1.165, 1.54) is 4.88 Å². The zero-order valence-corrected chi connectivity index (χ0v) is 22.3. The van der Waals surface area contributed by atoms with E-state index in [1.807, 2.05) is 0 Å². The average Bonchev–Trinajstić information content (AvgIpc) is 3.45. The molecule has 0 saturated carbocycles. The van der Waals surface area contributed by atoms with Gasteiger partial charge in [0.2, 0.25) is 5.91 Å². The topological polar surface area (TPSA) is 79.9 Å². The predicted octanol–water partition coefficient (Wildman–Crippen LogP) is 5.20. The summed E-state index contributed by atoms with van der Waals surface area (Å²) < 4.78 is 10.7. The minimum Gasteiger partial charge on any atom is -0.497 e. The molecule has 2 aromatic rings. The van der Waals surface area contributed by atoms with Crippen molar-refractivity contribution in [2.24, 2.45) is 11.3 Å². The highest BCUT2D eigenvalue weighted by molar-refractivity contribution is 7.17. The number of benzene rings is 1. The maximum Gasteiger partial charge on any atom is 0.259 e. The van der Waals surface area contributed by atoms with Crippen LogP contribution in [0.3, 0.4) is 0 Å². The van der Waals surface area contributed by atoms with Crippen LogP contribution in [0, 0.1) is 11.3 Å². The van der Waals surface area contributed by atoms with Crippen molar-refractivity contribution in [3.63, 3.8) is 0 Å². The number of thiophene rings is 1. The van der Waals surface area contributed by atoms with Crippen LogP contribution in [0.4, 0.5) is 10.7 Å². The molecule has 1 aliphatic heterocycles. The Morgan fingerprint density at radius 1 is 1.11 bits per heavy atom. The zero-order chi connectivity index (χ0) is 25.2. The van der Waals surface area contributed by atoms with Crippen molar-refractivity contribution in [1.29, 1.82) is 0 Å². The smallest absolute Gasteiger partial charge is 0.259 e. The van der Waals surface area contributed by atoms with Crippen LogP contribution >= 0.6 is 11.3 Å². The maximum atomic E-state index is 13.6. The fourth-order valence-electron chi connectivity index (χ4n) is 5.05. The molecule has 35 heavy (non-hydrogen) atoms. The molecule has 0 radical (unpaired) electrons. The van der Waals surface area contributed by atoms with Gasteiger partial charge in [-0.1, -0.05) is 20.8 Å². The molecule has 0 spiro atoms. The molecule has 1 saturated heterocycles. The first-order chi connectivity index (χ1) is 16.7. The standard InChI is InChI=1S/C27H37N3O4S/c1-27(2,3)17-8-10-19-22(14-17)35-26(29-23(31)16-30-12-6-7-13-30)24(19)25(32)28-20-11-9-18(33-4)15-21(20)34-5/h9,11,15,17H,6-8,10,12-14,16H2,1-5H3,(H,28,32)(H,29,31)/t17-/m0/s1. The molecule has 2 heterocycles. The van der Waals surface area contributed by atoms with Crippen LogP contribution in [0.25, 0.3) is 0 Å². The Hall–Kier alpha value is -2.58. The molecule has 1 atom stereocenters. The second kappa shape index (κ2) is 10.6. The molecule has 2 amide bonds. The molecule has 2 aliphatic rings. The van der Waals surface area contributed by atoms with Crippen LogP contribution < -0.4 is 20.1 Å². The summed E-state index contributed by atoms with van der Waals surface area (Å²) in [6, 6.07) is 5.30. The number of fused-ring (bicyclic) bond motifs is 1. The molecule has 8 heteroatoms. The Morgan fingerprint density at radius 2 is 1.86 bits per heavy atom. The zero-order valence-electron chi connectivity index (χ0n) is 21.5. The highest BCUT2D eigenvalue weighted by Gasteiger charge is 2.34. The van der Waals surface area contributed by atoms with Gasteiger partial charge in [-0.25, -0.2) is 0 Å². The number of nitrogens with zero attached hydrogens (tertiary/aromatic N) is 1. The van der Waals surface area contributed by atoms with Gasteiger partial charge < -0.3 is 20.1 Å². The molecule has 0 bridgehead atoms. The van der Waals surface area contributed by atoms with Crippen molar-refractivity contribution >= 4 is 33.8 Å². The van der Waals surface area contributed by atoms with Crippen molar-refractivity contribution in [2.45, 2.75) is 52.9 Å². The van der Waals surface area contributed by atoms with E-state index in [1.54, 1.807) is 43.8 Å². The van der Waals surface area contributed by atoms with E-state index in [9.17, 15) is 9.59 Å². The summed E-state index contributed by atoms with van der Waals surface area (Å²) in [6.07, 6.45) is 5.05. The van der Waals surface area contributed by atoms with Gasteiger partial charge in [0, 0.05) is 10.9 Å². The van der Waals surface area contributed by atoms with Gasteiger partial charge in [-0.2, -0.15) is 0 Å². The predicted molar refractivity (Wildman–Crippen MR) is 141 cm³/mol. The molecule has 7 nitrogen and oxygen atoms in total. The van der Waals surface area contributed by atoms with E-state index in [4.69, 9.17) is 9.47 Å². The fourth-order valence-corrected chi connectivity index (χ4v) is 6.39. The summed E-state index contributed by atoms with van der Waals surface area (Å²) in [4.78, 5) is 29.9. The summed E-state index contributed by atoms with van der Waals surface area (Å²) in [7, 11) is 3.15. The van der Waals surface area contributed by atoms with Gasteiger partial charge in [-0.05, 0) is 74.2 Å². The van der Waals surface area contributed by atoms with Gasteiger partial charge in [-0.15, -0.1) is 11.3 Å². The summed E-state index contributed by atoms with van der Waals surface area (Å²) >= 11 is 1.56. The molecule has 2 N–H and O–H groups in total. The highest BCUT2D eigenvalue weighted by atomic mass is 32.1. The Labute approximate surface area is 212 Å². The van der Waals surface area contributed by atoms with Crippen molar-refractivity contribution in [2.75, 3.05) is 44.5 Å². The van der Waals surface area contributed by atoms with E-state index in [0.717, 1.165) is 50.8 Å². The quantitative estimate of drug-likeness (QED) is 0.547. The molecule has 0 unspecified atom stereocenters. The third-order valence-electron chi connectivity index (χ3n) is 7.19. The number of carbonyl (C=O) groups excluding carboxylic acids is 2. The van der Waals surface area contributed by atoms with E-state index >= 15 is 0 Å².